The second-order valence-electron chi connectivity index (χ2n) is 5.06. The number of carbonyl (C=O) groups excluding carboxylic acids is 1. The Hall–Kier alpha value is -1.51. The Balaban J connectivity index is 3.86. The molecule has 0 spiro atoms. The van der Waals surface area contributed by atoms with Crippen LogP contribution in [0.25, 0.3) is 0 Å². The van der Waals surface area contributed by atoms with Crippen molar-refractivity contribution in [2.45, 2.75) is 47.5 Å². The van der Waals surface area contributed by atoms with E-state index in [4.69, 9.17) is 9.47 Å². The predicted molar refractivity (Wildman–Crippen MR) is 78.8 cm³/mol. The first kappa shape index (κ1) is 17.5. The van der Waals surface area contributed by atoms with Crippen molar-refractivity contribution in [3.63, 3.8) is 0 Å². The van der Waals surface area contributed by atoms with Crippen LogP contribution in [0.1, 0.15) is 47.5 Å². The second-order valence-corrected chi connectivity index (χ2v) is 5.06. The molecular weight excluding hydrogens is 240 g/mol. The lowest BCUT2D eigenvalue weighted by Crippen LogP contribution is -2.07. The van der Waals surface area contributed by atoms with E-state index in [0.29, 0.717) is 18.8 Å². The maximum Gasteiger partial charge on any atom is 0.333 e. The average Bonchev–Trinajstić information content (AvgIpc) is 2.30. The summed E-state index contributed by atoms with van der Waals surface area (Å²) in [5.41, 5.74) is 2.81. The molecule has 19 heavy (non-hydrogen) atoms. The van der Waals surface area contributed by atoms with Crippen molar-refractivity contribution in [2.24, 2.45) is 0 Å². The van der Waals surface area contributed by atoms with E-state index in [1.165, 1.54) is 5.57 Å². The lowest BCUT2D eigenvalue weighted by molar-refractivity contribution is -0.139. The molecule has 108 valence electrons. The van der Waals surface area contributed by atoms with Crippen LogP contribution < -0.4 is 0 Å². The number of unbranched alkanes of at least 4 members (excludes halogenated alkanes) is 1. The molecule has 3 heteroatoms. The van der Waals surface area contributed by atoms with Crippen LogP contribution in [-0.4, -0.2) is 19.2 Å². The summed E-state index contributed by atoms with van der Waals surface area (Å²) in [4.78, 5) is 11.1. The molecule has 0 saturated heterocycles. The van der Waals surface area contributed by atoms with Crippen LogP contribution in [0.4, 0.5) is 0 Å². The summed E-state index contributed by atoms with van der Waals surface area (Å²) < 4.78 is 10.7. The first-order chi connectivity index (χ1) is 8.84. The SMILES string of the molecule is C=C(C)C(=O)OCCCCOC(C=C(C)C)=C(C)C. The van der Waals surface area contributed by atoms with Crippen molar-refractivity contribution < 1.29 is 14.3 Å². The van der Waals surface area contributed by atoms with E-state index in [1.807, 2.05) is 33.8 Å². The van der Waals surface area contributed by atoms with Gasteiger partial charge in [-0.05, 0) is 59.1 Å². The molecule has 0 aliphatic carbocycles. The number of allylic oxidation sites excluding steroid dienone is 3. The lowest BCUT2D eigenvalue weighted by Gasteiger charge is -2.10. The average molecular weight is 266 g/mol. The van der Waals surface area contributed by atoms with E-state index in [-0.39, 0.29) is 5.97 Å². The zero-order valence-electron chi connectivity index (χ0n) is 12.8. The number of rotatable bonds is 8. The molecule has 0 saturated carbocycles. The van der Waals surface area contributed by atoms with Gasteiger partial charge in [-0.15, -0.1) is 0 Å². The quantitative estimate of drug-likeness (QED) is 0.217. The maximum absolute atomic E-state index is 11.1. The van der Waals surface area contributed by atoms with Crippen molar-refractivity contribution in [2.75, 3.05) is 13.2 Å². The van der Waals surface area contributed by atoms with Gasteiger partial charge in [-0.3, -0.25) is 0 Å². The van der Waals surface area contributed by atoms with Gasteiger partial charge in [-0.2, -0.15) is 0 Å². The van der Waals surface area contributed by atoms with Gasteiger partial charge < -0.3 is 9.47 Å². The predicted octanol–water partition coefficient (Wildman–Crippen LogP) is 4.16. The van der Waals surface area contributed by atoms with E-state index < -0.39 is 0 Å². The largest absolute Gasteiger partial charge is 0.494 e. The van der Waals surface area contributed by atoms with Gasteiger partial charge in [0.05, 0.1) is 13.2 Å². The molecule has 0 amide bonds. The van der Waals surface area contributed by atoms with Crippen LogP contribution in [-0.2, 0) is 14.3 Å². The fourth-order valence-corrected chi connectivity index (χ4v) is 1.27. The Morgan fingerprint density at radius 3 is 1.95 bits per heavy atom. The molecule has 0 rings (SSSR count). The minimum Gasteiger partial charge on any atom is -0.494 e. The van der Waals surface area contributed by atoms with E-state index in [9.17, 15) is 4.79 Å². The number of hydrogen-bond acceptors (Lipinski definition) is 3. The molecular formula is C16H26O3. The smallest absolute Gasteiger partial charge is 0.333 e. The molecule has 0 aromatic rings. The highest BCUT2D eigenvalue weighted by molar-refractivity contribution is 5.86. The van der Waals surface area contributed by atoms with Gasteiger partial charge >= 0.3 is 5.97 Å². The molecule has 0 heterocycles. The first-order valence-electron chi connectivity index (χ1n) is 6.62. The Labute approximate surface area is 117 Å². The maximum atomic E-state index is 11.1. The molecule has 0 bridgehead atoms. The standard InChI is InChI=1S/C16H26O3/c1-12(2)11-15(13(3)4)18-9-7-8-10-19-16(17)14(5)6/h11H,5,7-10H2,1-4,6H3. The third kappa shape index (κ3) is 9.11. The molecule has 0 N–H and O–H groups in total. The van der Waals surface area contributed by atoms with Gasteiger partial charge in [-0.1, -0.05) is 12.2 Å². The number of carbonyl (C=O) groups is 1. The fourth-order valence-electron chi connectivity index (χ4n) is 1.27. The molecule has 0 unspecified atom stereocenters. The van der Waals surface area contributed by atoms with Crippen LogP contribution in [0.3, 0.4) is 0 Å². The monoisotopic (exact) mass is 266 g/mol. The van der Waals surface area contributed by atoms with Crippen LogP contribution >= 0.6 is 0 Å². The number of hydrogen-bond donors (Lipinski definition) is 0. The van der Waals surface area contributed by atoms with Gasteiger partial charge in [0.1, 0.15) is 5.76 Å². The second kappa shape index (κ2) is 9.42. The summed E-state index contributed by atoms with van der Waals surface area (Å²) in [6.45, 7) is 14.4. The highest BCUT2D eigenvalue weighted by Crippen LogP contribution is 2.10. The third-order valence-electron chi connectivity index (χ3n) is 2.29. The van der Waals surface area contributed by atoms with Crippen LogP contribution in [0.2, 0.25) is 0 Å². The Morgan fingerprint density at radius 2 is 1.53 bits per heavy atom. The van der Waals surface area contributed by atoms with Crippen LogP contribution in [0, 0.1) is 0 Å². The molecule has 0 aliphatic heterocycles. The lowest BCUT2D eigenvalue weighted by atomic mass is 10.2. The van der Waals surface area contributed by atoms with Crippen molar-refractivity contribution in [1.82, 2.24) is 0 Å². The molecule has 0 radical (unpaired) electrons. The van der Waals surface area contributed by atoms with Crippen molar-refractivity contribution in [3.05, 3.63) is 35.1 Å². The van der Waals surface area contributed by atoms with E-state index in [0.717, 1.165) is 24.2 Å². The molecule has 0 fully saturated rings. The molecule has 0 aliphatic rings. The van der Waals surface area contributed by atoms with Crippen LogP contribution in [0.15, 0.2) is 35.1 Å². The first-order valence-corrected chi connectivity index (χ1v) is 6.62. The summed E-state index contributed by atoms with van der Waals surface area (Å²) in [5.74, 6) is 0.606. The minimum atomic E-state index is -0.324. The van der Waals surface area contributed by atoms with Gasteiger partial charge in [0, 0.05) is 5.57 Å². The van der Waals surface area contributed by atoms with Crippen molar-refractivity contribution in [3.8, 4) is 0 Å². The Kier molecular flexibility index (Phi) is 8.68. The van der Waals surface area contributed by atoms with E-state index in [1.54, 1.807) is 6.92 Å². The Morgan fingerprint density at radius 1 is 1.00 bits per heavy atom. The number of esters is 1. The summed E-state index contributed by atoms with van der Waals surface area (Å²) in [6.07, 6.45) is 3.69. The minimum absolute atomic E-state index is 0.324. The molecule has 0 atom stereocenters. The third-order valence-corrected chi connectivity index (χ3v) is 2.29. The van der Waals surface area contributed by atoms with Gasteiger partial charge in [0.15, 0.2) is 0 Å². The van der Waals surface area contributed by atoms with E-state index in [2.05, 4.69) is 6.58 Å². The van der Waals surface area contributed by atoms with Crippen molar-refractivity contribution >= 4 is 5.97 Å². The zero-order valence-corrected chi connectivity index (χ0v) is 12.8. The summed E-state index contributed by atoms with van der Waals surface area (Å²) in [5, 5.41) is 0. The normalized spacial score (nSPS) is 9.53. The molecule has 0 aromatic carbocycles. The molecule has 0 aromatic heterocycles. The van der Waals surface area contributed by atoms with Gasteiger partial charge in [-0.25, -0.2) is 4.79 Å². The topological polar surface area (TPSA) is 35.5 Å². The van der Waals surface area contributed by atoms with E-state index >= 15 is 0 Å². The molecule has 3 nitrogen and oxygen atoms in total. The van der Waals surface area contributed by atoms with Crippen molar-refractivity contribution in [1.29, 1.82) is 0 Å². The zero-order chi connectivity index (χ0) is 14.8. The summed E-state index contributed by atoms with van der Waals surface area (Å²) in [7, 11) is 0. The van der Waals surface area contributed by atoms with Crippen LogP contribution in [0.5, 0.6) is 0 Å². The number of ether oxygens (including phenoxy) is 2. The summed E-state index contributed by atoms with van der Waals surface area (Å²) >= 11 is 0. The van der Waals surface area contributed by atoms with Gasteiger partial charge in [0.2, 0.25) is 0 Å². The summed E-state index contributed by atoms with van der Waals surface area (Å²) in [6, 6.07) is 0. The van der Waals surface area contributed by atoms with Gasteiger partial charge in [0.25, 0.3) is 0 Å². The Bertz CT molecular complexity index is 367. The fraction of sp³-hybridized carbons (Fsp3) is 0.562. The highest BCUT2D eigenvalue weighted by atomic mass is 16.5. The highest BCUT2D eigenvalue weighted by Gasteiger charge is 2.02.